The van der Waals surface area contributed by atoms with Crippen molar-refractivity contribution in [3.63, 3.8) is 0 Å². The third-order valence-electron chi connectivity index (χ3n) is 4.51. The van der Waals surface area contributed by atoms with E-state index in [1.54, 1.807) is 0 Å². The topological polar surface area (TPSA) is 168 Å². The monoisotopic (exact) mass is 412 g/mol. The zero-order valence-electron chi connectivity index (χ0n) is 17.2. The van der Waals surface area contributed by atoms with Gasteiger partial charge in [-0.1, -0.05) is 20.4 Å². The van der Waals surface area contributed by atoms with Crippen molar-refractivity contribution >= 4 is 5.97 Å². The predicted molar refractivity (Wildman–Crippen MR) is 106 cm³/mol. The van der Waals surface area contributed by atoms with Crippen LogP contribution in [0.15, 0.2) is 12.7 Å². The molecule has 0 spiro atoms. The molecule has 0 aromatic carbocycles. The Morgan fingerprint density at radius 1 is 0.821 bits per heavy atom. The number of carboxylic acid groups (broad SMARTS) is 1. The lowest BCUT2D eigenvalue weighted by atomic mass is 9.88. The molecule has 7 N–H and O–H groups in total. The third-order valence-corrected chi connectivity index (χ3v) is 4.51. The molecule has 1 fully saturated rings. The summed E-state index contributed by atoms with van der Waals surface area (Å²) in [6.45, 7) is 7.67. The van der Waals surface area contributed by atoms with Crippen LogP contribution in [0.4, 0.5) is 0 Å². The van der Waals surface area contributed by atoms with Gasteiger partial charge < -0.3 is 40.5 Å². The van der Waals surface area contributed by atoms with Gasteiger partial charge in [-0.15, -0.1) is 0 Å². The fourth-order valence-corrected chi connectivity index (χ4v) is 1.48. The molecule has 0 radical (unpaired) electrons. The van der Waals surface area contributed by atoms with Gasteiger partial charge in [-0.2, -0.15) is 0 Å². The summed E-state index contributed by atoms with van der Waals surface area (Å²) in [5.41, 5.74) is -1.33. The van der Waals surface area contributed by atoms with Crippen molar-refractivity contribution in [2.24, 2.45) is 10.8 Å². The lowest BCUT2D eigenvalue weighted by molar-refractivity contribution is -0.131. The summed E-state index contributed by atoms with van der Waals surface area (Å²) < 4.78 is 4.94. The van der Waals surface area contributed by atoms with E-state index in [2.05, 4.69) is 6.58 Å². The van der Waals surface area contributed by atoms with E-state index in [9.17, 15) is 4.79 Å². The highest BCUT2D eigenvalue weighted by Crippen LogP contribution is 2.18. The Morgan fingerprint density at radius 2 is 1.07 bits per heavy atom. The molecule has 1 rings (SSSR count). The molecule has 0 aromatic rings. The quantitative estimate of drug-likeness (QED) is 0.253. The highest BCUT2D eigenvalue weighted by molar-refractivity contribution is 5.78. The fourth-order valence-electron chi connectivity index (χ4n) is 1.48. The van der Waals surface area contributed by atoms with Gasteiger partial charge >= 0.3 is 5.97 Å². The molecule has 0 bridgehead atoms. The molecule has 1 saturated heterocycles. The molecule has 1 heterocycles. The van der Waals surface area contributed by atoms with Crippen LogP contribution in [0.5, 0.6) is 0 Å². The molecule has 0 aliphatic carbocycles. The van der Waals surface area contributed by atoms with E-state index in [0.29, 0.717) is 12.8 Å². The second-order valence-electron chi connectivity index (χ2n) is 6.52. The minimum atomic E-state index is -0.981. The first-order valence-corrected chi connectivity index (χ1v) is 9.34. The first-order chi connectivity index (χ1) is 13.3. The Kier molecular flexibility index (Phi) is 23.3. The van der Waals surface area contributed by atoms with Gasteiger partial charge in [0.1, 0.15) is 0 Å². The molecule has 0 aromatic heterocycles. The number of carboxylic acids is 1. The van der Waals surface area contributed by atoms with Gasteiger partial charge in [-0.05, 0) is 25.7 Å². The Balaban J connectivity index is -0.000000308. The summed E-state index contributed by atoms with van der Waals surface area (Å²) >= 11 is 0. The average Bonchev–Trinajstić information content (AvgIpc) is 3.33. The molecular weight excluding hydrogens is 372 g/mol. The van der Waals surface area contributed by atoms with Crippen LogP contribution in [0.3, 0.4) is 0 Å². The highest BCUT2D eigenvalue weighted by Gasteiger charge is 2.25. The van der Waals surface area contributed by atoms with E-state index in [4.69, 9.17) is 40.5 Å². The Labute approximate surface area is 167 Å². The third kappa shape index (κ3) is 15.9. The summed E-state index contributed by atoms with van der Waals surface area (Å²) in [6, 6.07) is 0. The zero-order chi connectivity index (χ0) is 22.5. The SMILES string of the molecule is C1CCOC1.C=CC(=O)O.CCC(CO)(CO)CO.CCC(CO)(CO)CO. The maximum atomic E-state index is 9.25. The van der Waals surface area contributed by atoms with E-state index in [-0.39, 0.29) is 39.6 Å². The van der Waals surface area contributed by atoms with Crippen LogP contribution < -0.4 is 0 Å². The van der Waals surface area contributed by atoms with Crippen molar-refractivity contribution in [2.75, 3.05) is 52.9 Å². The molecule has 9 heteroatoms. The van der Waals surface area contributed by atoms with Crippen molar-refractivity contribution in [3.05, 3.63) is 12.7 Å². The molecule has 170 valence electrons. The fraction of sp³-hybridized carbons (Fsp3) is 0.842. The average molecular weight is 413 g/mol. The van der Waals surface area contributed by atoms with Gasteiger partial charge in [0.2, 0.25) is 0 Å². The summed E-state index contributed by atoms with van der Waals surface area (Å²) in [5.74, 6) is -0.981. The number of hydrogen-bond acceptors (Lipinski definition) is 8. The van der Waals surface area contributed by atoms with Crippen LogP contribution >= 0.6 is 0 Å². The molecule has 9 nitrogen and oxygen atoms in total. The molecule has 1 aliphatic heterocycles. The van der Waals surface area contributed by atoms with Gasteiger partial charge in [-0.3, -0.25) is 0 Å². The number of aliphatic hydroxyl groups is 6. The van der Waals surface area contributed by atoms with E-state index in [1.807, 2.05) is 13.8 Å². The first-order valence-electron chi connectivity index (χ1n) is 9.34. The number of aliphatic carboxylic acids is 1. The molecule has 0 saturated carbocycles. The van der Waals surface area contributed by atoms with E-state index in [0.717, 1.165) is 19.3 Å². The largest absolute Gasteiger partial charge is 0.478 e. The normalized spacial score (nSPS) is 13.1. The second kappa shape index (κ2) is 20.7. The number of hydrogen-bond donors (Lipinski definition) is 7. The Bertz CT molecular complexity index is 287. The molecule has 1 aliphatic rings. The van der Waals surface area contributed by atoms with Crippen molar-refractivity contribution < 1.29 is 45.3 Å². The summed E-state index contributed by atoms with van der Waals surface area (Å²) in [6.07, 6.45) is 4.58. The van der Waals surface area contributed by atoms with Crippen molar-refractivity contribution in [1.82, 2.24) is 0 Å². The van der Waals surface area contributed by atoms with Crippen LogP contribution in [0.2, 0.25) is 0 Å². The van der Waals surface area contributed by atoms with Crippen LogP contribution in [-0.2, 0) is 9.53 Å². The minimum absolute atomic E-state index is 0.156. The van der Waals surface area contributed by atoms with Gasteiger partial charge in [0, 0.05) is 30.1 Å². The van der Waals surface area contributed by atoms with Gasteiger partial charge in [0.05, 0.1) is 39.6 Å². The Morgan fingerprint density at radius 3 is 1.11 bits per heavy atom. The van der Waals surface area contributed by atoms with Crippen LogP contribution in [0.1, 0.15) is 39.5 Å². The lowest BCUT2D eigenvalue weighted by Gasteiger charge is -2.24. The molecule has 0 amide bonds. The minimum Gasteiger partial charge on any atom is -0.478 e. The lowest BCUT2D eigenvalue weighted by Crippen LogP contribution is -2.32. The van der Waals surface area contributed by atoms with Gasteiger partial charge in [-0.25, -0.2) is 4.79 Å². The number of ether oxygens (including phenoxy) is 1. The van der Waals surface area contributed by atoms with Gasteiger partial charge in [0.25, 0.3) is 0 Å². The smallest absolute Gasteiger partial charge is 0.327 e. The summed E-state index contributed by atoms with van der Waals surface area (Å²) in [7, 11) is 0. The van der Waals surface area contributed by atoms with Crippen LogP contribution in [0.25, 0.3) is 0 Å². The zero-order valence-corrected chi connectivity index (χ0v) is 17.2. The molecule has 0 atom stereocenters. The molecule has 0 unspecified atom stereocenters. The number of aliphatic hydroxyl groups excluding tert-OH is 6. The van der Waals surface area contributed by atoms with Crippen LogP contribution in [0, 0.1) is 10.8 Å². The standard InChI is InChI=1S/2C6H14O3.C4H8O.C3H4O2/c2*1-2-6(3-7,4-8)5-9;1-2-4-5-3-1;1-2-3(4)5/h2*7-9H,2-5H2,1H3;1-4H2;2H,1H2,(H,4,5). The molecular formula is C19H40O9. The highest BCUT2D eigenvalue weighted by atomic mass is 16.5. The number of rotatable bonds is 9. The van der Waals surface area contributed by atoms with Crippen molar-refractivity contribution in [3.8, 4) is 0 Å². The summed E-state index contributed by atoms with van der Waals surface area (Å²) in [5, 5.41) is 59.5. The maximum absolute atomic E-state index is 9.25. The van der Waals surface area contributed by atoms with Gasteiger partial charge in [0.15, 0.2) is 0 Å². The number of carbonyl (C=O) groups is 1. The summed E-state index contributed by atoms with van der Waals surface area (Å²) in [4.78, 5) is 9.25. The second-order valence-corrected chi connectivity index (χ2v) is 6.52. The van der Waals surface area contributed by atoms with E-state index in [1.165, 1.54) is 12.8 Å². The van der Waals surface area contributed by atoms with E-state index < -0.39 is 16.8 Å². The van der Waals surface area contributed by atoms with Crippen molar-refractivity contribution in [1.29, 1.82) is 0 Å². The molecule has 28 heavy (non-hydrogen) atoms. The van der Waals surface area contributed by atoms with Crippen molar-refractivity contribution in [2.45, 2.75) is 39.5 Å². The van der Waals surface area contributed by atoms with Crippen LogP contribution in [-0.4, -0.2) is 94.6 Å². The maximum Gasteiger partial charge on any atom is 0.327 e. The Hall–Kier alpha value is -1.07. The van der Waals surface area contributed by atoms with E-state index >= 15 is 0 Å². The predicted octanol–water partition coefficient (Wildman–Crippen LogP) is -0.227. The first kappa shape index (κ1) is 31.6.